The molecule has 0 bridgehead atoms. The zero-order chi connectivity index (χ0) is 8.08. The lowest BCUT2D eigenvalue weighted by Gasteiger charge is -1.83. The largest absolute Gasteiger partial charge is 0.750 e. The first-order valence-electron chi connectivity index (χ1n) is 1.44. The van der Waals surface area contributed by atoms with E-state index in [1.807, 2.05) is 0 Å². The van der Waals surface area contributed by atoms with Crippen LogP contribution in [0.1, 0.15) is 0 Å². The third-order valence-electron chi connectivity index (χ3n) is 0. The van der Waals surface area contributed by atoms with E-state index in [0.717, 1.165) is 0 Å². The Kier molecular flexibility index (Phi) is 11.6. The van der Waals surface area contributed by atoms with Crippen LogP contribution in [0.15, 0.2) is 0 Å². The first-order chi connectivity index (χ1) is 3.73. The number of hydrogen-bond donors (Lipinski definition) is 3. The van der Waals surface area contributed by atoms with Crippen LogP contribution in [-0.2, 0) is 21.5 Å². The van der Waals surface area contributed by atoms with Crippen molar-refractivity contribution in [3.8, 4) is 0 Å². The molecule has 9 heteroatoms. The summed E-state index contributed by atoms with van der Waals surface area (Å²) in [5.41, 5.74) is 0. The highest BCUT2D eigenvalue weighted by molar-refractivity contribution is 7.85. The van der Waals surface area contributed by atoms with Crippen LogP contribution in [0.5, 0.6) is 0 Å². The van der Waals surface area contributed by atoms with Crippen LogP contribution in [0.4, 0.5) is 0 Å². The molecule has 0 aliphatic heterocycles. The quantitative estimate of drug-likeness (QED) is 0.330. The molecule has 1 unspecified atom stereocenters. The summed E-state index contributed by atoms with van der Waals surface area (Å²) >= 11 is -2.86. The van der Waals surface area contributed by atoms with Crippen LogP contribution < -0.4 is 6.15 Å². The molecule has 10 heavy (non-hydrogen) atoms. The predicted molar refractivity (Wildman–Crippen MR) is 34.0 cm³/mol. The van der Waals surface area contributed by atoms with E-state index in [2.05, 4.69) is 0 Å². The Bertz CT molecular complexity index is 158. The molecule has 5 N–H and O–H groups in total. The summed E-state index contributed by atoms with van der Waals surface area (Å²) in [5.74, 6) is 0. The predicted octanol–water partition coefficient (Wildman–Crippen LogP) is -0.995. The molecule has 0 heterocycles. The van der Waals surface area contributed by atoms with Crippen LogP contribution in [-0.4, -0.2) is 32.5 Å². The van der Waals surface area contributed by atoms with Crippen molar-refractivity contribution < 1.29 is 26.3 Å². The van der Waals surface area contributed by atoms with Crippen LogP contribution >= 0.6 is 0 Å². The van der Waals surface area contributed by atoms with Gasteiger partial charge in [0, 0.05) is 0 Å². The van der Waals surface area contributed by atoms with Crippen molar-refractivity contribution in [2.45, 2.75) is 0 Å². The van der Waals surface area contributed by atoms with Gasteiger partial charge in [0.1, 0.15) is 0 Å². The Morgan fingerprint density at radius 1 is 1.50 bits per heavy atom. The van der Waals surface area contributed by atoms with Crippen LogP contribution in [0.2, 0.25) is 0 Å². The first-order valence-corrected chi connectivity index (χ1v) is 4.32. The van der Waals surface area contributed by atoms with E-state index in [1.54, 1.807) is 0 Å². The summed E-state index contributed by atoms with van der Waals surface area (Å²) < 4.78 is 50.0. The number of rotatable bonds is 0. The second-order valence-electron chi connectivity index (χ2n) is 0.950. The minimum atomic E-state index is -3.67. The molecule has 1 atom stereocenters. The summed E-state index contributed by atoms with van der Waals surface area (Å²) in [6.07, 6.45) is 0.715. The molecule has 0 saturated heterocycles. The Morgan fingerprint density at radius 2 is 1.50 bits per heavy atom. The van der Waals surface area contributed by atoms with E-state index >= 15 is 0 Å². The third-order valence-corrected chi connectivity index (χ3v) is 0. The molecule has 0 aliphatic carbocycles. The Morgan fingerprint density at radius 3 is 1.50 bits per heavy atom. The second kappa shape index (κ2) is 7.05. The van der Waals surface area contributed by atoms with E-state index < -0.39 is 21.5 Å². The average Bonchev–Trinajstić information content (AvgIpc) is 1.19. The van der Waals surface area contributed by atoms with E-state index in [-0.39, 0.29) is 6.15 Å². The third kappa shape index (κ3) is 106000. The Hall–Kier alpha value is -0.0600. The molecule has 66 valence electrons. The lowest BCUT2D eigenvalue weighted by molar-refractivity contribution is 0.436. The molecular formula is CH8NO6S2-. The topological polar surface area (TPSA) is 150 Å². The van der Waals surface area contributed by atoms with E-state index in [9.17, 15) is 8.42 Å². The van der Waals surface area contributed by atoms with Gasteiger partial charge in [-0.3, -0.25) is 4.55 Å². The van der Waals surface area contributed by atoms with Gasteiger partial charge in [-0.1, -0.05) is 0 Å². The summed E-state index contributed by atoms with van der Waals surface area (Å²) in [6, 6.07) is 0. The fourth-order valence-corrected chi connectivity index (χ4v) is 0. The van der Waals surface area contributed by atoms with Crippen molar-refractivity contribution in [3.05, 3.63) is 0 Å². The fourth-order valence-electron chi connectivity index (χ4n) is 0. The maximum Gasteiger partial charge on any atom is 0.261 e. The SMILES string of the molecule is CS(=O)(=O)O.N.O=S([O-])O. The highest BCUT2D eigenvalue weighted by atomic mass is 32.2. The van der Waals surface area contributed by atoms with Crippen molar-refractivity contribution in [2.24, 2.45) is 0 Å². The summed E-state index contributed by atoms with van der Waals surface area (Å²) in [5, 5.41) is 0. The van der Waals surface area contributed by atoms with Crippen molar-refractivity contribution in [3.63, 3.8) is 0 Å². The molecule has 0 saturated carbocycles. The molecule has 0 rings (SSSR count). The first kappa shape index (κ1) is 16.5. The van der Waals surface area contributed by atoms with E-state index in [0.29, 0.717) is 6.26 Å². The molecule has 0 aromatic carbocycles. The zero-order valence-electron chi connectivity index (χ0n) is 5.05. The number of hydrogen-bond acceptors (Lipinski definition) is 5. The smallest absolute Gasteiger partial charge is 0.261 e. The van der Waals surface area contributed by atoms with Gasteiger partial charge in [-0.05, 0) is 0 Å². The van der Waals surface area contributed by atoms with Gasteiger partial charge in [-0.2, -0.15) is 8.42 Å². The highest BCUT2D eigenvalue weighted by Gasteiger charge is 1.81. The van der Waals surface area contributed by atoms with Gasteiger partial charge in [0.15, 0.2) is 0 Å². The Balaban J connectivity index is -0.0000000910. The standard InChI is InChI=1S/CH4O3S.H3N.H2O3S/c1-5(2,3)4;;1-4(2)3/h1H3,(H,2,3,4);1H3;(H2,1,2,3)/p-1. The fraction of sp³-hybridized carbons (Fsp3) is 1.00. The van der Waals surface area contributed by atoms with Crippen molar-refractivity contribution in [2.75, 3.05) is 6.26 Å². The van der Waals surface area contributed by atoms with Gasteiger partial charge >= 0.3 is 0 Å². The molecule has 7 nitrogen and oxygen atoms in total. The highest BCUT2D eigenvalue weighted by Crippen LogP contribution is 1.60. The van der Waals surface area contributed by atoms with Crippen LogP contribution in [0, 0.1) is 0 Å². The minimum Gasteiger partial charge on any atom is -0.750 e. The second-order valence-corrected chi connectivity index (χ2v) is 2.85. The molecule has 0 aromatic rings. The summed E-state index contributed by atoms with van der Waals surface area (Å²) in [4.78, 5) is 0. The Labute approximate surface area is 60.9 Å². The molecular weight excluding hydrogens is 186 g/mol. The maximum absolute atomic E-state index is 9.19. The van der Waals surface area contributed by atoms with E-state index in [1.165, 1.54) is 0 Å². The minimum absolute atomic E-state index is 0. The van der Waals surface area contributed by atoms with Crippen molar-refractivity contribution >= 4 is 21.5 Å². The van der Waals surface area contributed by atoms with Crippen LogP contribution in [0.3, 0.4) is 0 Å². The lowest BCUT2D eigenvalue weighted by Crippen LogP contribution is -1.88. The van der Waals surface area contributed by atoms with E-state index in [4.69, 9.17) is 17.9 Å². The van der Waals surface area contributed by atoms with Crippen LogP contribution in [0.25, 0.3) is 0 Å². The van der Waals surface area contributed by atoms with Gasteiger partial charge in [0.25, 0.3) is 10.1 Å². The summed E-state index contributed by atoms with van der Waals surface area (Å²) in [7, 11) is -3.67. The molecule has 0 aliphatic rings. The zero-order valence-corrected chi connectivity index (χ0v) is 6.68. The van der Waals surface area contributed by atoms with Gasteiger partial charge < -0.3 is 15.3 Å². The summed E-state index contributed by atoms with van der Waals surface area (Å²) in [6.45, 7) is 0. The lowest BCUT2D eigenvalue weighted by atomic mass is 12.0. The molecule has 0 amide bonds. The molecule has 0 aromatic heterocycles. The van der Waals surface area contributed by atoms with Crippen molar-refractivity contribution in [1.82, 2.24) is 6.15 Å². The van der Waals surface area contributed by atoms with Gasteiger partial charge in [0.05, 0.1) is 17.6 Å². The van der Waals surface area contributed by atoms with Gasteiger partial charge in [-0.15, -0.1) is 0 Å². The molecule has 0 spiro atoms. The maximum atomic E-state index is 9.19. The van der Waals surface area contributed by atoms with Gasteiger partial charge in [0.2, 0.25) is 0 Å². The normalized spacial score (nSPS) is 12.0. The monoisotopic (exact) mass is 194 g/mol. The average molecular weight is 194 g/mol. The van der Waals surface area contributed by atoms with Crippen molar-refractivity contribution in [1.29, 1.82) is 0 Å². The molecule has 0 fully saturated rings. The van der Waals surface area contributed by atoms with Gasteiger partial charge in [-0.25, -0.2) is 4.21 Å². The molecule has 0 radical (unpaired) electrons.